The van der Waals surface area contributed by atoms with Gasteiger partial charge in [0.25, 0.3) is 5.92 Å². The molecule has 0 radical (unpaired) electrons. The Kier molecular flexibility index (Phi) is 5.15. The van der Waals surface area contributed by atoms with Gasteiger partial charge in [-0.1, -0.05) is 0 Å². The molecule has 3 rings (SSSR count). The molecular weight excluding hydrogens is 320 g/mol. The highest BCUT2D eigenvalue weighted by Crippen LogP contribution is 2.35. The number of ether oxygens (including phenoxy) is 2. The Labute approximate surface area is 139 Å². The smallest absolute Gasteiger partial charge is 0.288 e. The molecule has 1 aromatic heterocycles. The first kappa shape index (κ1) is 17.3. The van der Waals surface area contributed by atoms with Crippen LogP contribution in [0.1, 0.15) is 31.4 Å². The Morgan fingerprint density at radius 3 is 3.04 bits per heavy atom. The third-order valence-corrected chi connectivity index (χ3v) is 4.50. The largest absolute Gasteiger partial charge is 0.373 e. The minimum atomic E-state index is -3.01. The molecule has 0 spiro atoms. The van der Waals surface area contributed by atoms with Crippen LogP contribution in [0, 0.1) is 5.92 Å². The maximum Gasteiger partial charge on any atom is 0.288 e. The molecule has 8 heteroatoms. The number of hydrogen-bond acceptors (Lipinski definition) is 4. The first-order chi connectivity index (χ1) is 11.5. The van der Waals surface area contributed by atoms with Crippen LogP contribution in [-0.2, 0) is 20.8 Å². The zero-order chi connectivity index (χ0) is 17.2. The Bertz CT molecular complexity index is 579. The second-order valence-corrected chi connectivity index (χ2v) is 6.34. The van der Waals surface area contributed by atoms with E-state index in [1.165, 1.54) is 4.90 Å². The summed E-state index contributed by atoms with van der Waals surface area (Å²) in [6, 6.07) is 0. The van der Waals surface area contributed by atoms with Crippen molar-refractivity contribution in [2.45, 2.75) is 38.3 Å². The highest BCUT2D eigenvalue weighted by molar-refractivity contribution is 5.80. The van der Waals surface area contributed by atoms with Gasteiger partial charge in [-0.3, -0.25) is 9.48 Å². The molecule has 24 heavy (non-hydrogen) atoms. The highest BCUT2D eigenvalue weighted by Gasteiger charge is 2.41. The van der Waals surface area contributed by atoms with Crippen molar-refractivity contribution in [1.29, 1.82) is 0 Å². The van der Waals surface area contributed by atoms with E-state index in [1.54, 1.807) is 10.9 Å². The molecule has 1 amide bonds. The molecule has 134 valence electrons. The summed E-state index contributed by atoms with van der Waals surface area (Å²) in [6.45, 7) is 2.35. The number of aromatic nitrogens is 2. The van der Waals surface area contributed by atoms with E-state index in [9.17, 15) is 13.6 Å². The molecule has 2 fully saturated rings. The van der Waals surface area contributed by atoms with Gasteiger partial charge in [-0.05, 0) is 19.8 Å². The number of hydrogen-bond donors (Lipinski definition) is 0. The van der Waals surface area contributed by atoms with Crippen LogP contribution in [0.15, 0.2) is 12.4 Å². The molecule has 0 bridgehead atoms. The molecule has 2 saturated heterocycles. The van der Waals surface area contributed by atoms with E-state index >= 15 is 0 Å². The molecule has 2 aliphatic rings. The Hall–Kier alpha value is -1.54. The van der Waals surface area contributed by atoms with Gasteiger partial charge in [0.05, 0.1) is 31.4 Å². The Balaban J connectivity index is 1.77. The maximum atomic E-state index is 13.7. The zero-order valence-corrected chi connectivity index (χ0v) is 13.8. The van der Waals surface area contributed by atoms with Crippen LogP contribution in [0.3, 0.4) is 0 Å². The molecule has 0 aliphatic carbocycles. The molecular formula is C16H23F2N3O3. The van der Waals surface area contributed by atoms with Gasteiger partial charge < -0.3 is 14.4 Å². The van der Waals surface area contributed by atoms with Crippen LogP contribution >= 0.6 is 0 Å². The number of aryl methyl sites for hydroxylation is 1. The van der Waals surface area contributed by atoms with Crippen LogP contribution in [0.4, 0.5) is 8.78 Å². The van der Waals surface area contributed by atoms with Gasteiger partial charge in [-0.25, -0.2) is 8.78 Å². The standard InChI is InChI=1S/C16H23F2N3O3/c1-2-21-9-12(8-19-21)14-13(4-3-6-24-14)15(22)20-5-7-23-11-16(17,18)10-20/h8-9,13-14H,2-7,10-11H2,1H3/t13-,14+/m1/s1. The Morgan fingerprint density at radius 2 is 2.29 bits per heavy atom. The molecule has 1 aromatic rings. The predicted molar refractivity (Wildman–Crippen MR) is 81.7 cm³/mol. The van der Waals surface area contributed by atoms with Crippen molar-refractivity contribution in [2.75, 3.05) is 32.9 Å². The lowest BCUT2D eigenvalue weighted by Gasteiger charge is -2.34. The minimum Gasteiger partial charge on any atom is -0.373 e. The monoisotopic (exact) mass is 343 g/mol. The average Bonchev–Trinajstić information content (AvgIpc) is 2.98. The number of alkyl halides is 2. The van der Waals surface area contributed by atoms with Crippen molar-refractivity contribution in [3.05, 3.63) is 18.0 Å². The number of carbonyl (C=O) groups excluding carboxylic acids is 1. The van der Waals surface area contributed by atoms with Gasteiger partial charge in [0.2, 0.25) is 5.91 Å². The van der Waals surface area contributed by atoms with Crippen molar-refractivity contribution < 1.29 is 23.0 Å². The second kappa shape index (κ2) is 7.14. The summed E-state index contributed by atoms with van der Waals surface area (Å²) < 4.78 is 40.0. The first-order valence-electron chi connectivity index (χ1n) is 8.38. The summed E-state index contributed by atoms with van der Waals surface area (Å²) in [4.78, 5) is 14.1. The molecule has 0 aromatic carbocycles. The van der Waals surface area contributed by atoms with Crippen LogP contribution in [0.5, 0.6) is 0 Å². The predicted octanol–water partition coefficient (Wildman–Crippen LogP) is 1.86. The van der Waals surface area contributed by atoms with Crippen LogP contribution in [0.2, 0.25) is 0 Å². The highest BCUT2D eigenvalue weighted by atomic mass is 19.3. The SMILES string of the molecule is CCn1cc([C@@H]2OCCC[C@H]2C(=O)N2CCOCC(F)(F)C2)cn1. The van der Waals surface area contributed by atoms with Crippen molar-refractivity contribution in [3.63, 3.8) is 0 Å². The van der Waals surface area contributed by atoms with E-state index < -0.39 is 31.1 Å². The molecule has 2 atom stereocenters. The summed E-state index contributed by atoms with van der Waals surface area (Å²) in [5.74, 6) is -3.75. The number of nitrogens with zero attached hydrogens (tertiary/aromatic N) is 3. The minimum absolute atomic E-state index is 0.132. The maximum absolute atomic E-state index is 13.7. The number of rotatable bonds is 3. The molecule has 6 nitrogen and oxygen atoms in total. The summed E-state index contributed by atoms with van der Waals surface area (Å²) in [5, 5.41) is 4.23. The first-order valence-corrected chi connectivity index (χ1v) is 8.38. The van der Waals surface area contributed by atoms with Crippen LogP contribution < -0.4 is 0 Å². The van der Waals surface area contributed by atoms with Crippen molar-refractivity contribution >= 4 is 5.91 Å². The number of halogens is 2. The normalized spacial score (nSPS) is 27.7. The summed E-state index contributed by atoms with van der Waals surface area (Å²) in [6.07, 6.45) is 4.50. The van der Waals surface area contributed by atoms with Crippen molar-refractivity contribution in [3.8, 4) is 0 Å². The fourth-order valence-corrected chi connectivity index (χ4v) is 3.28. The average molecular weight is 343 g/mol. The van der Waals surface area contributed by atoms with Gasteiger partial charge in [0.15, 0.2) is 0 Å². The van der Waals surface area contributed by atoms with Gasteiger partial charge >= 0.3 is 0 Å². The molecule has 3 heterocycles. The summed E-state index contributed by atoms with van der Waals surface area (Å²) in [5.41, 5.74) is 0.827. The van der Waals surface area contributed by atoms with Gasteiger partial charge in [-0.15, -0.1) is 0 Å². The van der Waals surface area contributed by atoms with Crippen LogP contribution in [-0.4, -0.2) is 59.4 Å². The molecule has 2 aliphatic heterocycles. The van der Waals surface area contributed by atoms with E-state index in [0.29, 0.717) is 13.0 Å². The third-order valence-electron chi connectivity index (χ3n) is 4.50. The van der Waals surface area contributed by atoms with Crippen molar-refractivity contribution in [1.82, 2.24) is 14.7 Å². The summed E-state index contributed by atoms with van der Waals surface area (Å²) >= 11 is 0. The van der Waals surface area contributed by atoms with Gasteiger partial charge in [0.1, 0.15) is 6.61 Å². The van der Waals surface area contributed by atoms with E-state index in [-0.39, 0.29) is 19.1 Å². The van der Waals surface area contributed by atoms with E-state index in [4.69, 9.17) is 9.47 Å². The van der Waals surface area contributed by atoms with Gasteiger partial charge in [-0.2, -0.15) is 5.10 Å². The third kappa shape index (κ3) is 3.75. The van der Waals surface area contributed by atoms with Crippen LogP contribution in [0.25, 0.3) is 0 Å². The zero-order valence-electron chi connectivity index (χ0n) is 13.8. The lowest BCUT2D eigenvalue weighted by Crippen LogP contribution is -2.46. The van der Waals surface area contributed by atoms with E-state index in [2.05, 4.69) is 5.10 Å². The number of amides is 1. The van der Waals surface area contributed by atoms with Gasteiger partial charge in [0, 0.05) is 31.5 Å². The van der Waals surface area contributed by atoms with E-state index in [1.807, 2.05) is 13.1 Å². The summed E-state index contributed by atoms with van der Waals surface area (Å²) in [7, 11) is 0. The Morgan fingerprint density at radius 1 is 1.46 bits per heavy atom. The van der Waals surface area contributed by atoms with E-state index in [0.717, 1.165) is 18.5 Å². The number of carbonyl (C=O) groups is 1. The van der Waals surface area contributed by atoms with Crippen molar-refractivity contribution in [2.24, 2.45) is 5.92 Å². The quantitative estimate of drug-likeness (QED) is 0.841. The lowest BCUT2D eigenvalue weighted by molar-refractivity contribution is -0.149. The molecule has 0 N–H and O–H groups in total. The fraction of sp³-hybridized carbons (Fsp3) is 0.750. The molecule has 0 unspecified atom stereocenters. The topological polar surface area (TPSA) is 56.6 Å². The lowest BCUT2D eigenvalue weighted by atomic mass is 9.89. The molecule has 0 saturated carbocycles. The second-order valence-electron chi connectivity index (χ2n) is 6.34. The fourth-order valence-electron chi connectivity index (χ4n) is 3.28.